The van der Waals surface area contributed by atoms with Crippen LogP contribution in [-0.4, -0.2) is 12.4 Å². The van der Waals surface area contributed by atoms with Crippen LogP contribution in [0.5, 0.6) is 0 Å². The van der Waals surface area contributed by atoms with Crippen molar-refractivity contribution in [2.24, 2.45) is 16.6 Å². The van der Waals surface area contributed by atoms with Crippen molar-refractivity contribution in [2.45, 2.75) is 58.3 Å². The van der Waals surface area contributed by atoms with Gasteiger partial charge in [0.05, 0.1) is 5.84 Å². The predicted molar refractivity (Wildman–Crippen MR) is 69.8 cm³/mol. The lowest BCUT2D eigenvalue weighted by Gasteiger charge is -2.19. The average Bonchev–Trinajstić information content (AvgIpc) is 2.20. The molecule has 2 N–H and O–H groups in total. The molecular weight excluding hydrogens is 208 g/mol. The summed E-state index contributed by atoms with van der Waals surface area (Å²) in [5.41, 5.74) is 5.87. The van der Waals surface area contributed by atoms with Crippen molar-refractivity contribution in [3.8, 4) is 0 Å². The van der Waals surface area contributed by atoms with Gasteiger partial charge in [-0.2, -0.15) is 0 Å². The molecule has 1 unspecified atom stereocenters. The highest BCUT2D eigenvalue weighted by molar-refractivity contribution is 5.85. The zero-order chi connectivity index (χ0) is 10.2. The van der Waals surface area contributed by atoms with Gasteiger partial charge in [0.25, 0.3) is 0 Å². The maximum Gasteiger partial charge on any atom is 0.0968 e. The van der Waals surface area contributed by atoms with Crippen LogP contribution in [0.1, 0.15) is 58.3 Å². The van der Waals surface area contributed by atoms with E-state index in [1.807, 2.05) is 0 Å². The fourth-order valence-corrected chi connectivity index (χ4v) is 2.11. The van der Waals surface area contributed by atoms with E-state index < -0.39 is 0 Å². The molecule has 15 heavy (non-hydrogen) atoms. The number of amidine groups is 1. The maximum absolute atomic E-state index is 5.87. The van der Waals surface area contributed by atoms with Gasteiger partial charge in [-0.25, -0.2) is 0 Å². The van der Waals surface area contributed by atoms with Crippen LogP contribution < -0.4 is 5.73 Å². The summed E-state index contributed by atoms with van der Waals surface area (Å²) in [5.74, 6) is 1.53. The van der Waals surface area contributed by atoms with Crippen LogP contribution in [0.3, 0.4) is 0 Å². The molecule has 90 valence electrons. The molecule has 0 radical (unpaired) electrons. The van der Waals surface area contributed by atoms with Crippen LogP contribution in [-0.2, 0) is 0 Å². The largest absolute Gasteiger partial charge is 0.387 e. The zero-order valence-corrected chi connectivity index (χ0v) is 10.7. The standard InChI is InChI=1S/C12H24N2.ClH/c1-2-3-4-5-6-8-11-9-7-10-14-12(11)13;/h11H,2-10H2,1H3,(H2,13,14);1H. The molecule has 1 aliphatic heterocycles. The molecule has 0 amide bonds. The topological polar surface area (TPSA) is 38.4 Å². The highest BCUT2D eigenvalue weighted by Gasteiger charge is 2.15. The lowest BCUT2D eigenvalue weighted by molar-refractivity contribution is 0.489. The molecule has 0 aromatic rings. The number of unbranched alkanes of at least 4 members (excludes halogenated alkanes) is 4. The molecule has 0 bridgehead atoms. The molecule has 0 aliphatic carbocycles. The van der Waals surface area contributed by atoms with Gasteiger partial charge in [-0.3, -0.25) is 4.99 Å². The summed E-state index contributed by atoms with van der Waals surface area (Å²) in [6, 6.07) is 0. The summed E-state index contributed by atoms with van der Waals surface area (Å²) in [4.78, 5) is 4.32. The smallest absolute Gasteiger partial charge is 0.0968 e. The Morgan fingerprint density at radius 1 is 1.27 bits per heavy atom. The molecule has 1 heterocycles. The van der Waals surface area contributed by atoms with Gasteiger partial charge in [0.1, 0.15) is 0 Å². The average molecular weight is 233 g/mol. The lowest BCUT2D eigenvalue weighted by atomic mass is 9.93. The molecule has 0 fully saturated rings. The Bertz CT molecular complexity index is 180. The monoisotopic (exact) mass is 232 g/mol. The van der Waals surface area contributed by atoms with Crippen LogP contribution in [0.15, 0.2) is 4.99 Å². The van der Waals surface area contributed by atoms with E-state index in [4.69, 9.17) is 5.73 Å². The zero-order valence-electron chi connectivity index (χ0n) is 9.87. The summed E-state index contributed by atoms with van der Waals surface area (Å²) in [7, 11) is 0. The molecular formula is C12H25ClN2. The molecule has 1 rings (SSSR count). The second-order valence-electron chi connectivity index (χ2n) is 4.35. The Labute approximate surface area is 100 Å². The number of hydrogen-bond donors (Lipinski definition) is 1. The van der Waals surface area contributed by atoms with E-state index in [1.165, 1.54) is 51.4 Å². The van der Waals surface area contributed by atoms with E-state index in [2.05, 4.69) is 11.9 Å². The van der Waals surface area contributed by atoms with Gasteiger partial charge < -0.3 is 5.73 Å². The van der Waals surface area contributed by atoms with Crippen molar-refractivity contribution >= 4 is 18.2 Å². The summed E-state index contributed by atoms with van der Waals surface area (Å²) in [5, 5.41) is 0. The number of hydrogen-bond acceptors (Lipinski definition) is 2. The molecule has 0 aromatic heterocycles. The molecule has 0 spiro atoms. The first-order chi connectivity index (χ1) is 6.84. The molecule has 2 nitrogen and oxygen atoms in total. The summed E-state index contributed by atoms with van der Waals surface area (Å²) in [6.07, 6.45) is 10.6. The molecule has 3 heteroatoms. The third-order valence-corrected chi connectivity index (χ3v) is 3.08. The second kappa shape index (κ2) is 9.02. The van der Waals surface area contributed by atoms with Crippen molar-refractivity contribution in [3.05, 3.63) is 0 Å². The first kappa shape index (κ1) is 14.8. The van der Waals surface area contributed by atoms with Crippen molar-refractivity contribution in [3.63, 3.8) is 0 Å². The Morgan fingerprint density at radius 2 is 2.00 bits per heavy atom. The fraction of sp³-hybridized carbons (Fsp3) is 0.917. The minimum Gasteiger partial charge on any atom is -0.387 e. The predicted octanol–water partition coefficient (Wildman–Crippen LogP) is 3.54. The van der Waals surface area contributed by atoms with Gasteiger partial charge in [-0.05, 0) is 19.3 Å². The highest BCUT2D eigenvalue weighted by Crippen LogP contribution is 2.19. The summed E-state index contributed by atoms with van der Waals surface area (Å²) < 4.78 is 0. The van der Waals surface area contributed by atoms with E-state index >= 15 is 0 Å². The summed E-state index contributed by atoms with van der Waals surface area (Å²) >= 11 is 0. The Balaban J connectivity index is 0.00000196. The van der Waals surface area contributed by atoms with Crippen LogP contribution in [0.4, 0.5) is 0 Å². The molecule has 0 saturated heterocycles. The van der Waals surface area contributed by atoms with Crippen LogP contribution in [0, 0.1) is 5.92 Å². The van der Waals surface area contributed by atoms with Crippen LogP contribution in [0.2, 0.25) is 0 Å². The Morgan fingerprint density at radius 3 is 2.67 bits per heavy atom. The Kier molecular flexibility index (Phi) is 8.88. The number of nitrogens with two attached hydrogens (primary N) is 1. The SMILES string of the molecule is CCCCCCCC1CCCN=C1N.Cl. The first-order valence-electron chi connectivity index (χ1n) is 6.14. The van der Waals surface area contributed by atoms with E-state index in [0.29, 0.717) is 5.92 Å². The van der Waals surface area contributed by atoms with Crippen molar-refractivity contribution in [2.75, 3.05) is 6.54 Å². The molecule has 0 aromatic carbocycles. The summed E-state index contributed by atoms with van der Waals surface area (Å²) in [6.45, 7) is 3.21. The van der Waals surface area contributed by atoms with Gasteiger partial charge in [0.2, 0.25) is 0 Å². The molecule has 1 aliphatic rings. The molecule has 1 atom stereocenters. The van der Waals surface area contributed by atoms with Gasteiger partial charge >= 0.3 is 0 Å². The van der Waals surface area contributed by atoms with Crippen molar-refractivity contribution in [1.29, 1.82) is 0 Å². The molecule has 0 saturated carbocycles. The normalized spacial score (nSPS) is 20.6. The third kappa shape index (κ3) is 6.03. The number of aliphatic imine (C=N–C) groups is 1. The number of halogens is 1. The van der Waals surface area contributed by atoms with Gasteiger partial charge in [-0.15, -0.1) is 12.4 Å². The minimum absolute atomic E-state index is 0. The van der Waals surface area contributed by atoms with E-state index in [1.54, 1.807) is 0 Å². The van der Waals surface area contributed by atoms with E-state index in [-0.39, 0.29) is 12.4 Å². The highest BCUT2D eigenvalue weighted by atomic mass is 35.5. The van der Waals surface area contributed by atoms with Gasteiger partial charge in [-0.1, -0.05) is 39.0 Å². The Hall–Kier alpha value is -0.240. The van der Waals surface area contributed by atoms with E-state index in [0.717, 1.165) is 12.4 Å². The number of nitrogens with zero attached hydrogens (tertiary/aromatic N) is 1. The maximum atomic E-state index is 5.87. The van der Waals surface area contributed by atoms with Crippen LogP contribution >= 0.6 is 12.4 Å². The van der Waals surface area contributed by atoms with Crippen molar-refractivity contribution < 1.29 is 0 Å². The van der Waals surface area contributed by atoms with Gasteiger partial charge in [0, 0.05) is 12.5 Å². The third-order valence-electron chi connectivity index (χ3n) is 3.08. The fourth-order valence-electron chi connectivity index (χ4n) is 2.11. The second-order valence-corrected chi connectivity index (χ2v) is 4.35. The van der Waals surface area contributed by atoms with Crippen molar-refractivity contribution in [1.82, 2.24) is 0 Å². The van der Waals surface area contributed by atoms with E-state index in [9.17, 15) is 0 Å². The van der Waals surface area contributed by atoms with Crippen LogP contribution in [0.25, 0.3) is 0 Å². The minimum atomic E-state index is 0. The lowest BCUT2D eigenvalue weighted by Crippen LogP contribution is -2.27. The number of rotatable bonds is 6. The first-order valence-corrected chi connectivity index (χ1v) is 6.14. The quantitative estimate of drug-likeness (QED) is 0.699. The van der Waals surface area contributed by atoms with Gasteiger partial charge in [0.15, 0.2) is 0 Å².